The van der Waals surface area contributed by atoms with Crippen molar-refractivity contribution in [3.8, 4) is 5.75 Å². The lowest BCUT2D eigenvalue weighted by atomic mass is 10.2. The van der Waals surface area contributed by atoms with Crippen LogP contribution in [-0.2, 0) is 9.53 Å². The second-order valence-electron chi connectivity index (χ2n) is 5.84. The number of esters is 1. The van der Waals surface area contributed by atoms with Gasteiger partial charge in [0, 0.05) is 5.69 Å². The van der Waals surface area contributed by atoms with Gasteiger partial charge in [0.05, 0.1) is 16.6 Å². The Balaban J connectivity index is 1.90. The number of anilines is 1. The highest BCUT2D eigenvalue weighted by atomic mass is 79.9. The number of nitrogens with one attached hydrogen (secondary N) is 1. The van der Waals surface area contributed by atoms with Crippen LogP contribution in [0.15, 0.2) is 46.9 Å². The molecule has 2 aromatic rings. The minimum absolute atomic E-state index is 0.132. The van der Waals surface area contributed by atoms with E-state index in [1.54, 1.807) is 30.3 Å². The maximum absolute atomic E-state index is 12.1. The molecule has 1 amide bonds. The van der Waals surface area contributed by atoms with Gasteiger partial charge in [0.1, 0.15) is 5.75 Å². The zero-order valence-corrected chi connectivity index (χ0v) is 16.5. The standard InChI is InChI=1S/C20H22BrNO4/c1-3-4-10-25-20(24)15-6-5-7-16(12-15)22-19(23)13-26-18-9-8-14(2)11-17(18)21/h5-9,11-12H,3-4,10,13H2,1-2H3,(H,22,23). The normalized spacial score (nSPS) is 10.3. The van der Waals surface area contributed by atoms with Crippen molar-refractivity contribution in [1.82, 2.24) is 0 Å². The van der Waals surface area contributed by atoms with Crippen LogP contribution in [0.25, 0.3) is 0 Å². The Labute approximate surface area is 161 Å². The molecule has 0 aromatic heterocycles. The van der Waals surface area contributed by atoms with Gasteiger partial charge in [-0.1, -0.05) is 25.5 Å². The van der Waals surface area contributed by atoms with E-state index in [0.717, 1.165) is 22.9 Å². The predicted octanol–water partition coefficient (Wildman–Crippen LogP) is 4.73. The molecule has 0 fully saturated rings. The topological polar surface area (TPSA) is 64.6 Å². The molecule has 0 spiro atoms. The Morgan fingerprint density at radius 1 is 1.15 bits per heavy atom. The average molecular weight is 420 g/mol. The van der Waals surface area contributed by atoms with E-state index in [1.807, 2.05) is 26.0 Å². The molecule has 0 atom stereocenters. The van der Waals surface area contributed by atoms with Crippen LogP contribution in [0.3, 0.4) is 0 Å². The summed E-state index contributed by atoms with van der Waals surface area (Å²) in [5.41, 5.74) is 2.02. The summed E-state index contributed by atoms with van der Waals surface area (Å²) in [6, 6.07) is 12.3. The summed E-state index contributed by atoms with van der Waals surface area (Å²) in [7, 11) is 0. The van der Waals surface area contributed by atoms with Crippen molar-refractivity contribution in [2.75, 3.05) is 18.5 Å². The summed E-state index contributed by atoms with van der Waals surface area (Å²) in [5.74, 6) is -0.109. The summed E-state index contributed by atoms with van der Waals surface area (Å²) in [6.45, 7) is 4.26. The molecule has 0 aliphatic rings. The third-order valence-electron chi connectivity index (χ3n) is 3.56. The molecule has 2 rings (SSSR count). The van der Waals surface area contributed by atoms with Crippen LogP contribution in [0.2, 0.25) is 0 Å². The number of unbranched alkanes of at least 4 members (excludes halogenated alkanes) is 1. The fourth-order valence-corrected chi connectivity index (χ4v) is 2.79. The van der Waals surface area contributed by atoms with E-state index in [2.05, 4.69) is 21.2 Å². The van der Waals surface area contributed by atoms with Crippen LogP contribution in [0, 0.1) is 6.92 Å². The van der Waals surface area contributed by atoms with Crippen LogP contribution in [-0.4, -0.2) is 25.1 Å². The van der Waals surface area contributed by atoms with Crippen LogP contribution in [0.1, 0.15) is 35.7 Å². The Morgan fingerprint density at radius 3 is 2.69 bits per heavy atom. The maximum atomic E-state index is 12.1. The first-order chi connectivity index (χ1) is 12.5. The maximum Gasteiger partial charge on any atom is 0.338 e. The van der Waals surface area contributed by atoms with Gasteiger partial charge in [-0.05, 0) is 65.2 Å². The van der Waals surface area contributed by atoms with Gasteiger partial charge in [-0.15, -0.1) is 0 Å². The second kappa shape index (κ2) is 9.97. The Hall–Kier alpha value is -2.34. The summed E-state index contributed by atoms with van der Waals surface area (Å²) < 4.78 is 11.5. The first-order valence-corrected chi connectivity index (χ1v) is 9.25. The predicted molar refractivity (Wildman–Crippen MR) is 105 cm³/mol. The molecule has 0 aliphatic heterocycles. The van der Waals surface area contributed by atoms with Crippen molar-refractivity contribution in [2.45, 2.75) is 26.7 Å². The smallest absolute Gasteiger partial charge is 0.338 e. The van der Waals surface area contributed by atoms with E-state index in [1.165, 1.54) is 0 Å². The Bertz CT molecular complexity index is 776. The molecule has 6 heteroatoms. The highest BCUT2D eigenvalue weighted by Crippen LogP contribution is 2.25. The van der Waals surface area contributed by atoms with Gasteiger partial charge in [0.15, 0.2) is 6.61 Å². The number of rotatable bonds is 8. The van der Waals surface area contributed by atoms with Crippen LogP contribution < -0.4 is 10.1 Å². The van der Waals surface area contributed by atoms with Gasteiger partial charge in [-0.3, -0.25) is 4.79 Å². The second-order valence-corrected chi connectivity index (χ2v) is 6.70. The molecule has 5 nitrogen and oxygen atoms in total. The molecule has 0 saturated carbocycles. The van der Waals surface area contributed by atoms with E-state index in [4.69, 9.17) is 9.47 Å². The van der Waals surface area contributed by atoms with E-state index in [-0.39, 0.29) is 12.5 Å². The Kier molecular flexibility index (Phi) is 7.66. The number of carbonyl (C=O) groups is 2. The average Bonchev–Trinajstić information content (AvgIpc) is 2.61. The molecular formula is C20H22BrNO4. The Morgan fingerprint density at radius 2 is 1.96 bits per heavy atom. The number of aryl methyl sites for hydroxylation is 1. The summed E-state index contributed by atoms with van der Waals surface area (Å²) in [4.78, 5) is 24.1. The lowest BCUT2D eigenvalue weighted by Crippen LogP contribution is -2.20. The SMILES string of the molecule is CCCCOC(=O)c1cccc(NC(=O)COc2ccc(C)cc2Br)c1. The number of hydrogen-bond acceptors (Lipinski definition) is 4. The van der Waals surface area contributed by atoms with Gasteiger partial charge in [-0.25, -0.2) is 4.79 Å². The number of benzene rings is 2. The summed E-state index contributed by atoms with van der Waals surface area (Å²) in [6.07, 6.45) is 1.79. The summed E-state index contributed by atoms with van der Waals surface area (Å²) in [5, 5.41) is 2.72. The zero-order chi connectivity index (χ0) is 18.9. The van der Waals surface area contributed by atoms with Crippen LogP contribution in [0.4, 0.5) is 5.69 Å². The monoisotopic (exact) mass is 419 g/mol. The van der Waals surface area contributed by atoms with Crippen molar-refractivity contribution in [3.05, 3.63) is 58.1 Å². The molecule has 0 aliphatic carbocycles. The molecule has 26 heavy (non-hydrogen) atoms. The number of hydrogen-bond donors (Lipinski definition) is 1. The molecule has 0 bridgehead atoms. The van der Waals surface area contributed by atoms with Gasteiger partial charge in [0.2, 0.25) is 0 Å². The van der Waals surface area contributed by atoms with Gasteiger partial charge >= 0.3 is 5.97 Å². The quantitative estimate of drug-likeness (QED) is 0.495. The van der Waals surface area contributed by atoms with E-state index in [0.29, 0.717) is 23.6 Å². The minimum atomic E-state index is -0.394. The van der Waals surface area contributed by atoms with Crippen molar-refractivity contribution < 1.29 is 19.1 Å². The van der Waals surface area contributed by atoms with Gasteiger partial charge in [-0.2, -0.15) is 0 Å². The van der Waals surface area contributed by atoms with Crippen LogP contribution >= 0.6 is 15.9 Å². The molecule has 0 saturated heterocycles. The molecule has 2 aromatic carbocycles. The highest BCUT2D eigenvalue weighted by Gasteiger charge is 2.10. The first-order valence-electron chi connectivity index (χ1n) is 8.45. The molecule has 0 unspecified atom stereocenters. The zero-order valence-electron chi connectivity index (χ0n) is 14.9. The number of ether oxygens (including phenoxy) is 2. The van der Waals surface area contributed by atoms with Crippen molar-refractivity contribution in [2.24, 2.45) is 0 Å². The largest absolute Gasteiger partial charge is 0.483 e. The number of carbonyl (C=O) groups excluding carboxylic acids is 2. The van der Waals surface area contributed by atoms with Crippen LogP contribution in [0.5, 0.6) is 5.75 Å². The summed E-state index contributed by atoms with van der Waals surface area (Å²) >= 11 is 3.41. The van der Waals surface area contributed by atoms with E-state index in [9.17, 15) is 9.59 Å². The van der Waals surface area contributed by atoms with Gasteiger partial charge < -0.3 is 14.8 Å². The lowest BCUT2D eigenvalue weighted by Gasteiger charge is -2.10. The van der Waals surface area contributed by atoms with E-state index >= 15 is 0 Å². The first kappa shape index (κ1) is 20.0. The van der Waals surface area contributed by atoms with Crippen molar-refractivity contribution in [3.63, 3.8) is 0 Å². The highest BCUT2D eigenvalue weighted by molar-refractivity contribution is 9.10. The molecule has 0 heterocycles. The van der Waals surface area contributed by atoms with E-state index < -0.39 is 5.97 Å². The third kappa shape index (κ3) is 6.19. The van der Waals surface area contributed by atoms with Gasteiger partial charge in [0.25, 0.3) is 5.91 Å². The molecule has 1 N–H and O–H groups in total. The molecular weight excluding hydrogens is 398 g/mol. The fraction of sp³-hybridized carbons (Fsp3) is 0.300. The lowest BCUT2D eigenvalue weighted by molar-refractivity contribution is -0.118. The van der Waals surface area contributed by atoms with Crippen molar-refractivity contribution >= 4 is 33.5 Å². The third-order valence-corrected chi connectivity index (χ3v) is 4.18. The minimum Gasteiger partial charge on any atom is -0.483 e. The molecule has 0 radical (unpaired) electrons. The fourth-order valence-electron chi connectivity index (χ4n) is 2.18. The van der Waals surface area contributed by atoms with Crippen molar-refractivity contribution in [1.29, 1.82) is 0 Å². The number of amides is 1. The number of halogens is 1. The molecule has 138 valence electrons.